The third-order valence-corrected chi connectivity index (χ3v) is 6.48. The molecule has 0 fully saturated rings. The van der Waals surface area contributed by atoms with Crippen LogP contribution in [0.25, 0.3) is 22.3 Å². The van der Waals surface area contributed by atoms with Gasteiger partial charge in [0.15, 0.2) is 0 Å². The van der Waals surface area contributed by atoms with E-state index in [9.17, 15) is 13.6 Å². The highest BCUT2D eigenvalue weighted by atomic mass is 19.1. The Morgan fingerprint density at radius 1 is 1.08 bits per heavy atom. The number of halogens is 2. The summed E-state index contributed by atoms with van der Waals surface area (Å²) in [5.41, 5.74) is 4.12. The lowest BCUT2D eigenvalue weighted by Crippen LogP contribution is -2.34. The van der Waals surface area contributed by atoms with Gasteiger partial charge in [-0.2, -0.15) is 0 Å². The van der Waals surface area contributed by atoms with Crippen molar-refractivity contribution < 1.29 is 22.7 Å². The molecule has 186 valence electrons. The molecule has 3 aromatic carbocycles. The normalized spacial score (nSPS) is 17.5. The van der Waals surface area contributed by atoms with E-state index >= 15 is 0 Å². The van der Waals surface area contributed by atoms with Crippen LogP contribution in [0.1, 0.15) is 28.9 Å². The van der Waals surface area contributed by atoms with Gasteiger partial charge in [-0.25, -0.2) is 8.78 Å². The smallest absolute Gasteiger partial charge is 0.255 e. The molecule has 1 aliphatic heterocycles. The molecule has 0 saturated heterocycles. The van der Waals surface area contributed by atoms with Gasteiger partial charge < -0.3 is 24.7 Å². The van der Waals surface area contributed by atoms with Gasteiger partial charge in [-0.15, -0.1) is 0 Å². The molecule has 1 aromatic heterocycles. The zero-order valence-corrected chi connectivity index (χ0v) is 20.3. The van der Waals surface area contributed by atoms with E-state index in [-0.39, 0.29) is 29.7 Å². The molecule has 0 bridgehead atoms. The quantitative estimate of drug-likeness (QED) is 0.372. The first-order valence-corrected chi connectivity index (χ1v) is 11.8. The third-order valence-electron chi connectivity index (χ3n) is 6.48. The van der Waals surface area contributed by atoms with E-state index in [1.54, 1.807) is 25.2 Å². The van der Waals surface area contributed by atoms with Gasteiger partial charge in [0, 0.05) is 61.1 Å². The van der Waals surface area contributed by atoms with E-state index in [4.69, 9.17) is 9.15 Å². The topological polar surface area (TPSA) is 66.7 Å². The molecule has 0 unspecified atom stereocenters. The van der Waals surface area contributed by atoms with Crippen LogP contribution in [0.4, 0.5) is 20.2 Å². The summed E-state index contributed by atoms with van der Waals surface area (Å²) < 4.78 is 39.6. The van der Waals surface area contributed by atoms with E-state index in [0.717, 1.165) is 11.3 Å². The van der Waals surface area contributed by atoms with Crippen molar-refractivity contribution in [1.82, 2.24) is 5.32 Å². The standard InChI is InChI=1S/C28H27F2N3O3/c1-16-22-12-23-25(36-27(26(23)28(34)31-2)17-7-9-18(29)10-8-17)13-24(22)33(3)15-21(35-16)14-32-20-6-4-5-19(30)11-20/h4-13,16,21,32H,14-15H2,1-3H3,(H,31,34)/t16-,21+/m0/s1. The largest absolute Gasteiger partial charge is 0.455 e. The average Bonchev–Trinajstić information content (AvgIpc) is 3.19. The minimum atomic E-state index is -0.364. The molecule has 2 atom stereocenters. The number of hydrogen-bond acceptors (Lipinski definition) is 5. The molecule has 2 N–H and O–H groups in total. The predicted octanol–water partition coefficient (Wildman–Crippen LogP) is 5.75. The van der Waals surface area contributed by atoms with Crippen molar-refractivity contribution in [2.24, 2.45) is 0 Å². The Labute approximate surface area is 207 Å². The second kappa shape index (κ2) is 9.62. The van der Waals surface area contributed by atoms with Crippen molar-refractivity contribution in [2.75, 3.05) is 37.4 Å². The molecule has 0 radical (unpaired) electrons. The summed E-state index contributed by atoms with van der Waals surface area (Å²) in [7, 11) is 3.54. The first-order valence-electron chi connectivity index (χ1n) is 11.8. The number of carbonyl (C=O) groups is 1. The molecule has 0 aliphatic carbocycles. The number of benzene rings is 3. The summed E-state index contributed by atoms with van der Waals surface area (Å²) in [4.78, 5) is 15.0. The molecule has 8 heteroatoms. The lowest BCUT2D eigenvalue weighted by atomic mass is 10.00. The van der Waals surface area contributed by atoms with Gasteiger partial charge in [-0.1, -0.05) is 6.07 Å². The van der Waals surface area contributed by atoms with Gasteiger partial charge in [-0.3, -0.25) is 4.79 Å². The number of furan rings is 1. The minimum absolute atomic E-state index is 0.167. The number of hydrogen-bond donors (Lipinski definition) is 2. The van der Waals surface area contributed by atoms with Crippen LogP contribution in [0.5, 0.6) is 0 Å². The number of carbonyl (C=O) groups excluding carboxylic acids is 1. The Morgan fingerprint density at radius 2 is 1.86 bits per heavy atom. The van der Waals surface area contributed by atoms with Crippen LogP contribution in [-0.4, -0.2) is 39.2 Å². The number of amides is 1. The molecular formula is C28H27F2N3O3. The van der Waals surface area contributed by atoms with Crippen molar-refractivity contribution in [2.45, 2.75) is 19.1 Å². The third kappa shape index (κ3) is 4.52. The van der Waals surface area contributed by atoms with E-state index in [0.29, 0.717) is 46.6 Å². The van der Waals surface area contributed by atoms with Crippen LogP contribution in [0.2, 0.25) is 0 Å². The summed E-state index contributed by atoms with van der Waals surface area (Å²) >= 11 is 0. The molecular weight excluding hydrogens is 464 g/mol. The van der Waals surface area contributed by atoms with Crippen molar-refractivity contribution in [3.8, 4) is 11.3 Å². The second-order valence-corrected chi connectivity index (χ2v) is 8.97. The fourth-order valence-corrected chi connectivity index (χ4v) is 4.71. The molecule has 0 spiro atoms. The molecule has 1 aliphatic rings. The molecule has 0 saturated carbocycles. The van der Waals surface area contributed by atoms with Gasteiger partial charge in [0.25, 0.3) is 5.91 Å². The van der Waals surface area contributed by atoms with Gasteiger partial charge in [0.05, 0.1) is 17.8 Å². The zero-order chi connectivity index (χ0) is 25.4. The highest BCUT2D eigenvalue weighted by Crippen LogP contribution is 2.41. The first-order chi connectivity index (χ1) is 17.3. The van der Waals surface area contributed by atoms with Gasteiger partial charge in [0.2, 0.25) is 0 Å². The summed E-state index contributed by atoms with van der Waals surface area (Å²) in [6.07, 6.45) is -0.435. The maximum atomic E-state index is 13.5. The molecule has 4 aromatic rings. The Hall–Kier alpha value is -3.91. The molecule has 2 heterocycles. The van der Waals surface area contributed by atoms with Gasteiger partial charge in [-0.05, 0) is 55.5 Å². The van der Waals surface area contributed by atoms with Gasteiger partial charge in [0.1, 0.15) is 23.0 Å². The first kappa shape index (κ1) is 23.8. The van der Waals surface area contributed by atoms with E-state index in [1.807, 2.05) is 32.2 Å². The maximum Gasteiger partial charge on any atom is 0.255 e. The molecule has 5 rings (SSSR count). The van der Waals surface area contributed by atoms with Crippen molar-refractivity contribution >= 4 is 28.3 Å². The fraction of sp³-hybridized carbons (Fsp3) is 0.250. The number of nitrogens with one attached hydrogen (secondary N) is 2. The van der Waals surface area contributed by atoms with Crippen molar-refractivity contribution in [3.05, 3.63) is 83.4 Å². The predicted molar refractivity (Wildman–Crippen MR) is 136 cm³/mol. The minimum Gasteiger partial charge on any atom is -0.455 e. The zero-order valence-electron chi connectivity index (χ0n) is 20.3. The number of ether oxygens (including phenoxy) is 1. The lowest BCUT2D eigenvalue weighted by Gasteiger charge is -2.23. The Balaban J connectivity index is 1.50. The lowest BCUT2D eigenvalue weighted by molar-refractivity contribution is 0.0135. The summed E-state index contributed by atoms with van der Waals surface area (Å²) in [6.45, 7) is 3.07. The average molecular weight is 492 g/mol. The molecule has 36 heavy (non-hydrogen) atoms. The summed E-state index contributed by atoms with van der Waals surface area (Å²) in [5, 5.41) is 6.60. The van der Waals surface area contributed by atoms with Crippen LogP contribution in [0, 0.1) is 11.6 Å². The summed E-state index contributed by atoms with van der Waals surface area (Å²) in [5.74, 6) is -0.565. The second-order valence-electron chi connectivity index (χ2n) is 8.97. The van der Waals surface area contributed by atoms with Crippen LogP contribution in [-0.2, 0) is 4.74 Å². The molecule has 1 amide bonds. The summed E-state index contributed by atoms with van der Waals surface area (Å²) in [6, 6.07) is 16.1. The van der Waals surface area contributed by atoms with Crippen LogP contribution >= 0.6 is 0 Å². The molecule has 6 nitrogen and oxygen atoms in total. The van der Waals surface area contributed by atoms with E-state index in [1.165, 1.54) is 24.3 Å². The van der Waals surface area contributed by atoms with Crippen LogP contribution < -0.4 is 15.5 Å². The van der Waals surface area contributed by atoms with E-state index in [2.05, 4.69) is 15.5 Å². The number of fused-ring (bicyclic) bond motifs is 2. The monoisotopic (exact) mass is 491 g/mol. The highest BCUT2D eigenvalue weighted by Gasteiger charge is 2.29. The Morgan fingerprint density at radius 3 is 2.58 bits per heavy atom. The highest BCUT2D eigenvalue weighted by molar-refractivity contribution is 6.11. The Bertz CT molecular complexity index is 1420. The van der Waals surface area contributed by atoms with Gasteiger partial charge >= 0.3 is 0 Å². The number of anilines is 2. The fourth-order valence-electron chi connectivity index (χ4n) is 4.71. The van der Waals surface area contributed by atoms with E-state index < -0.39 is 0 Å². The SMILES string of the molecule is CNC(=O)c1c(-c2ccc(F)cc2)oc2cc3c(cc12)[C@H](C)O[C@H](CNc1cccc(F)c1)CN3C. The number of nitrogens with zero attached hydrogens (tertiary/aromatic N) is 1. The maximum absolute atomic E-state index is 13.5. The van der Waals surface area contributed by atoms with Crippen LogP contribution in [0.15, 0.2) is 65.1 Å². The van der Waals surface area contributed by atoms with Crippen LogP contribution in [0.3, 0.4) is 0 Å². The number of likely N-dealkylation sites (N-methyl/N-ethyl adjacent to an activating group) is 1. The number of rotatable bonds is 5. The van der Waals surface area contributed by atoms with Crippen molar-refractivity contribution in [1.29, 1.82) is 0 Å². The van der Waals surface area contributed by atoms with Crippen molar-refractivity contribution in [3.63, 3.8) is 0 Å². The Kier molecular flexibility index (Phi) is 6.36.